The lowest BCUT2D eigenvalue weighted by molar-refractivity contribution is -0.143. The number of nitrogens with zero attached hydrogens (tertiary/aromatic N) is 2. The second-order valence-electron chi connectivity index (χ2n) is 11.3. The molecule has 0 bridgehead atoms. The van der Waals surface area contributed by atoms with Crippen LogP contribution in [0.1, 0.15) is 53.6 Å². The average Bonchev–Trinajstić information content (AvgIpc) is 2.93. The zero-order valence-electron chi connectivity index (χ0n) is 22.0. The molecule has 1 amide bonds. The van der Waals surface area contributed by atoms with Gasteiger partial charge in [0, 0.05) is 41.1 Å². The van der Waals surface area contributed by atoms with Crippen molar-refractivity contribution in [3.63, 3.8) is 0 Å². The number of benzene rings is 1. The largest absolute Gasteiger partial charge is 0.508 e. The van der Waals surface area contributed by atoms with Gasteiger partial charge in [0.25, 0.3) is 5.91 Å². The number of primary amides is 1. The van der Waals surface area contributed by atoms with Crippen LogP contribution >= 0.6 is 0 Å². The van der Waals surface area contributed by atoms with Gasteiger partial charge in [-0.15, -0.1) is 0 Å². The minimum atomic E-state index is -2.50. The number of aliphatic hydroxyl groups excluding tert-OH is 1. The SMILES string of the molecule is NC(=O)C1=C(N)C[C@@H]2C[C@@H]3Cc4c(-c5ccccn5)cc(CN5CCCCC5)c(O)c4C(=O)C3=C(O)[C@]2(O)C1=O. The first-order valence-corrected chi connectivity index (χ1v) is 13.7. The molecule has 6 rings (SSSR count). The average molecular weight is 545 g/mol. The molecular weight excluding hydrogens is 512 g/mol. The summed E-state index contributed by atoms with van der Waals surface area (Å²) in [7, 11) is 0. The van der Waals surface area contributed by atoms with E-state index >= 15 is 0 Å². The molecule has 1 aromatic carbocycles. The maximum absolute atomic E-state index is 14.2. The number of carbonyl (C=O) groups excluding carboxylic acids is 3. The number of likely N-dealkylation sites (tertiary alicyclic amines) is 1. The molecule has 3 atom stereocenters. The number of rotatable bonds is 4. The van der Waals surface area contributed by atoms with Crippen molar-refractivity contribution >= 4 is 17.5 Å². The molecular formula is C30H32N4O6. The van der Waals surface area contributed by atoms with Crippen LogP contribution in [0, 0.1) is 11.8 Å². The van der Waals surface area contributed by atoms with Crippen LogP contribution in [0.3, 0.4) is 0 Å². The minimum absolute atomic E-state index is 0.0392. The highest BCUT2D eigenvalue weighted by Gasteiger charge is 2.59. The monoisotopic (exact) mass is 544 g/mol. The molecule has 7 N–H and O–H groups in total. The quantitative estimate of drug-likeness (QED) is 0.360. The molecule has 1 aromatic heterocycles. The van der Waals surface area contributed by atoms with E-state index in [1.165, 1.54) is 0 Å². The van der Waals surface area contributed by atoms with E-state index < -0.39 is 46.2 Å². The summed E-state index contributed by atoms with van der Waals surface area (Å²) in [6, 6.07) is 7.40. The Morgan fingerprint density at radius 1 is 1.12 bits per heavy atom. The van der Waals surface area contributed by atoms with Gasteiger partial charge >= 0.3 is 0 Å². The van der Waals surface area contributed by atoms with Crippen LogP contribution in [-0.4, -0.2) is 61.4 Å². The van der Waals surface area contributed by atoms with Crippen molar-refractivity contribution in [2.75, 3.05) is 13.1 Å². The van der Waals surface area contributed by atoms with Crippen LogP contribution in [0.2, 0.25) is 0 Å². The van der Waals surface area contributed by atoms with E-state index in [9.17, 15) is 29.7 Å². The summed E-state index contributed by atoms with van der Waals surface area (Å²) in [5.41, 5.74) is 10.7. The lowest BCUT2D eigenvalue weighted by Crippen LogP contribution is -2.57. The van der Waals surface area contributed by atoms with Gasteiger partial charge in [-0.3, -0.25) is 24.3 Å². The van der Waals surface area contributed by atoms with Gasteiger partial charge in [-0.1, -0.05) is 12.5 Å². The second kappa shape index (κ2) is 9.57. The minimum Gasteiger partial charge on any atom is -0.508 e. The number of hydrogen-bond donors (Lipinski definition) is 5. The Bertz CT molecular complexity index is 1510. The molecule has 10 heteroatoms. The zero-order valence-corrected chi connectivity index (χ0v) is 22.0. The molecule has 1 saturated heterocycles. The highest BCUT2D eigenvalue weighted by molar-refractivity contribution is 6.24. The summed E-state index contributed by atoms with van der Waals surface area (Å²) in [6.07, 6.45) is 5.33. The molecule has 4 aliphatic rings. The van der Waals surface area contributed by atoms with Crippen LogP contribution in [-0.2, 0) is 22.6 Å². The molecule has 1 aliphatic heterocycles. The number of Topliss-reactive ketones (excluding diaryl/α,β-unsaturated/α-hetero) is 2. The second-order valence-corrected chi connectivity index (χ2v) is 11.3. The number of amides is 1. The number of phenolic OH excluding ortho intramolecular Hbond substituents is 1. The Labute approximate surface area is 231 Å². The third-order valence-corrected chi connectivity index (χ3v) is 8.98. The molecule has 10 nitrogen and oxygen atoms in total. The normalized spacial score (nSPS) is 26.8. The topological polar surface area (TPSA) is 180 Å². The molecule has 0 saturated carbocycles. The van der Waals surface area contributed by atoms with Crippen molar-refractivity contribution in [2.45, 2.75) is 50.7 Å². The molecule has 208 valence electrons. The van der Waals surface area contributed by atoms with E-state index in [0.29, 0.717) is 23.4 Å². The molecule has 0 spiro atoms. The first-order valence-electron chi connectivity index (χ1n) is 13.7. The number of hydrogen-bond acceptors (Lipinski definition) is 9. The fraction of sp³-hybridized carbons (Fsp3) is 0.400. The van der Waals surface area contributed by atoms with Crippen molar-refractivity contribution in [3.8, 4) is 17.0 Å². The molecule has 2 aromatic rings. The Hall–Kier alpha value is -4.02. The summed E-state index contributed by atoms with van der Waals surface area (Å²) < 4.78 is 0. The maximum atomic E-state index is 14.2. The first-order chi connectivity index (χ1) is 19.1. The lowest BCUT2D eigenvalue weighted by atomic mass is 9.59. The summed E-state index contributed by atoms with van der Waals surface area (Å²) in [4.78, 5) is 46.2. The van der Waals surface area contributed by atoms with Crippen molar-refractivity contribution in [2.24, 2.45) is 23.3 Å². The highest BCUT2D eigenvalue weighted by Crippen LogP contribution is 2.52. The summed E-state index contributed by atoms with van der Waals surface area (Å²) in [6.45, 7) is 2.21. The Balaban J connectivity index is 1.51. The zero-order chi connectivity index (χ0) is 28.3. The number of allylic oxidation sites excluding steroid dienone is 2. The van der Waals surface area contributed by atoms with Gasteiger partial charge in [-0.05, 0) is 74.9 Å². The Kier molecular flexibility index (Phi) is 6.27. The van der Waals surface area contributed by atoms with Gasteiger partial charge in [0.2, 0.25) is 5.78 Å². The number of phenols is 1. The lowest BCUT2D eigenvalue weighted by Gasteiger charge is -2.46. The number of ketones is 2. The number of aromatic hydroxyl groups is 1. The maximum Gasteiger partial charge on any atom is 0.254 e. The predicted octanol–water partition coefficient (Wildman–Crippen LogP) is 2.03. The van der Waals surface area contributed by atoms with Crippen LogP contribution in [0.5, 0.6) is 5.75 Å². The van der Waals surface area contributed by atoms with Crippen molar-refractivity contribution in [1.29, 1.82) is 0 Å². The van der Waals surface area contributed by atoms with Gasteiger partial charge in [-0.25, -0.2) is 0 Å². The van der Waals surface area contributed by atoms with Gasteiger partial charge < -0.3 is 26.8 Å². The highest BCUT2D eigenvalue weighted by atomic mass is 16.3. The number of fused-ring (bicyclic) bond motifs is 3. The summed E-state index contributed by atoms with van der Waals surface area (Å²) in [5, 5.41) is 34.4. The summed E-state index contributed by atoms with van der Waals surface area (Å²) >= 11 is 0. The van der Waals surface area contributed by atoms with Gasteiger partial charge in [0.1, 0.15) is 17.1 Å². The van der Waals surface area contributed by atoms with Crippen LogP contribution in [0.25, 0.3) is 11.3 Å². The van der Waals surface area contributed by atoms with Crippen molar-refractivity contribution in [1.82, 2.24) is 9.88 Å². The van der Waals surface area contributed by atoms with Gasteiger partial charge in [-0.2, -0.15) is 0 Å². The molecule has 40 heavy (non-hydrogen) atoms. The van der Waals surface area contributed by atoms with Gasteiger partial charge in [0.15, 0.2) is 11.4 Å². The van der Waals surface area contributed by atoms with E-state index in [-0.39, 0.29) is 41.8 Å². The first kappa shape index (κ1) is 26.2. The van der Waals surface area contributed by atoms with E-state index in [1.54, 1.807) is 12.3 Å². The fourth-order valence-electron chi connectivity index (χ4n) is 7.04. The van der Waals surface area contributed by atoms with Crippen LogP contribution < -0.4 is 11.5 Å². The number of pyridine rings is 1. The molecule has 0 unspecified atom stereocenters. The molecule has 0 radical (unpaired) electrons. The molecule has 1 fully saturated rings. The number of nitrogens with two attached hydrogens (primary N) is 2. The van der Waals surface area contributed by atoms with E-state index in [4.69, 9.17) is 11.5 Å². The third-order valence-electron chi connectivity index (χ3n) is 8.98. The third kappa shape index (κ3) is 3.85. The predicted molar refractivity (Wildman–Crippen MR) is 145 cm³/mol. The van der Waals surface area contributed by atoms with Crippen LogP contribution in [0.15, 0.2) is 53.1 Å². The van der Waals surface area contributed by atoms with Crippen LogP contribution in [0.4, 0.5) is 0 Å². The standard InChI is InChI=1S/C30H32N4O6/c31-20-13-17-10-15-11-19-18(21-6-2-3-7-33-21)12-16(14-34-8-4-1-5-9-34)25(35)23(19)26(36)22(15)27(37)30(17,40)28(38)24(20)29(32)39/h2-3,6-7,12,15,17,35,37,40H,1,4-5,8-11,13-14,31H2,(H2,32,39)/t15-,17+,30+/m1/s1. The smallest absolute Gasteiger partial charge is 0.254 e. The number of piperidine rings is 1. The molecule has 3 aliphatic carbocycles. The Morgan fingerprint density at radius 2 is 1.88 bits per heavy atom. The summed E-state index contributed by atoms with van der Waals surface area (Å²) in [5.74, 6) is -5.22. The number of aliphatic hydroxyl groups is 2. The van der Waals surface area contributed by atoms with E-state index in [2.05, 4.69) is 9.88 Å². The Morgan fingerprint density at radius 3 is 2.55 bits per heavy atom. The van der Waals surface area contributed by atoms with Gasteiger partial charge in [0.05, 0.1) is 11.3 Å². The van der Waals surface area contributed by atoms with E-state index in [1.807, 2.05) is 18.2 Å². The van der Waals surface area contributed by atoms with E-state index in [0.717, 1.165) is 37.9 Å². The molecule has 2 heterocycles. The van der Waals surface area contributed by atoms with Crippen molar-refractivity contribution in [3.05, 3.63) is 69.8 Å². The number of carbonyl (C=O) groups is 3. The van der Waals surface area contributed by atoms with Crippen molar-refractivity contribution < 1.29 is 29.7 Å². The fourth-order valence-corrected chi connectivity index (χ4v) is 7.04. The number of aromatic nitrogens is 1.